The summed E-state index contributed by atoms with van der Waals surface area (Å²) < 4.78 is 3.27. The zero-order chi connectivity index (χ0) is 18.1. The molecule has 0 bridgehead atoms. The van der Waals surface area contributed by atoms with Crippen molar-refractivity contribution in [2.75, 3.05) is 13.1 Å². The molecule has 27 heavy (non-hydrogen) atoms. The van der Waals surface area contributed by atoms with Crippen molar-refractivity contribution in [2.24, 2.45) is 0 Å². The minimum atomic E-state index is 0.614. The Kier molecular flexibility index (Phi) is 3.37. The summed E-state index contributed by atoms with van der Waals surface area (Å²) in [5.74, 6) is 0.614. The van der Waals surface area contributed by atoms with Crippen molar-refractivity contribution in [3.8, 4) is 0 Å². The topological polar surface area (TPSA) is 16.4 Å². The lowest BCUT2D eigenvalue weighted by atomic mass is 9.90. The van der Waals surface area contributed by atoms with Crippen LogP contribution in [0.2, 0.25) is 5.15 Å². The lowest BCUT2D eigenvalue weighted by Crippen LogP contribution is -2.39. The van der Waals surface area contributed by atoms with E-state index in [-0.39, 0.29) is 0 Å². The first-order valence-corrected chi connectivity index (χ1v) is 10.3. The minimum Gasteiger partial charge on any atom is -0.315 e. The molecule has 0 spiro atoms. The van der Waals surface area contributed by atoms with Gasteiger partial charge in [0.2, 0.25) is 0 Å². The van der Waals surface area contributed by atoms with Crippen LogP contribution >= 0.6 is 27.5 Å². The predicted octanol–water partition coefficient (Wildman–Crippen LogP) is 6.50. The molecule has 5 aromatic rings. The highest BCUT2D eigenvalue weighted by Gasteiger charge is 2.22. The molecule has 0 unspecified atom stereocenters. The fourth-order valence-electron chi connectivity index (χ4n) is 4.43. The van der Waals surface area contributed by atoms with Gasteiger partial charge >= 0.3 is 0 Å². The van der Waals surface area contributed by atoms with Gasteiger partial charge in [-0.05, 0) is 49.8 Å². The van der Waals surface area contributed by atoms with Crippen LogP contribution < -0.4 is 5.32 Å². The Bertz CT molecular complexity index is 1380. The summed E-state index contributed by atoms with van der Waals surface area (Å²) in [4.78, 5) is 0. The zero-order valence-corrected chi connectivity index (χ0v) is 16.8. The molecule has 3 heterocycles. The van der Waals surface area contributed by atoms with E-state index in [1.165, 1.54) is 38.0 Å². The van der Waals surface area contributed by atoms with Crippen LogP contribution in [0, 0.1) is 0 Å². The second-order valence-electron chi connectivity index (χ2n) is 7.31. The first-order chi connectivity index (χ1) is 13.2. The van der Waals surface area contributed by atoms with Crippen LogP contribution in [0.3, 0.4) is 0 Å². The Labute approximate surface area is 169 Å². The second kappa shape index (κ2) is 5.71. The molecule has 0 saturated carbocycles. The average Bonchev–Trinajstić information content (AvgIpc) is 2.95. The van der Waals surface area contributed by atoms with Crippen molar-refractivity contribution in [2.45, 2.75) is 5.92 Å². The number of hydrogen-bond donors (Lipinski definition) is 1. The van der Waals surface area contributed by atoms with E-state index in [2.05, 4.69) is 74.2 Å². The van der Waals surface area contributed by atoms with Crippen molar-refractivity contribution in [3.63, 3.8) is 0 Å². The third-order valence-corrected chi connectivity index (χ3v) is 6.98. The Morgan fingerprint density at radius 3 is 2.48 bits per heavy atom. The molecule has 0 amide bonds. The molecule has 1 aliphatic heterocycles. The summed E-state index contributed by atoms with van der Waals surface area (Å²) in [6.07, 6.45) is 0. The third kappa shape index (κ3) is 2.11. The van der Waals surface area contributed by atoms with Crippen molar-refractivity contribution in [1.29, 1.82) is 0 Å². The van der Waals surface area contributed by atoms with E-state index in [0.29, 0.717) is 5.92 Å². The smallest absolute Gasteiger partial charge is 0.113 e. The first-order valence-electron chi connectivity index (χ1n) is 9.17. The highest BCUT2D eigenvalue weighted by Crippen LogP contribution is 2.43. The number of halogens is 2. The Balaban J connectivity index is 1.90. The van der Waals surface area contributed by atoms with Crippen LogP contribution in [-0.4, -0.2) is 17.5 Å². The fourth-order valence-corrected chi connectivity index (χ4v) is 5.39. The van der Waals surface area contributed by atoms with Crippen LogP contribution in [0.1, 0.15) is 11.5 Å². The van der Waals surface area contributed by atoms with Crippen molar-refractivity contribution in [1.82, 2.24) is 9.72 Å². The molecule has 132 valence electrons. The quantitative estimate of drug-likeness (QED) is 0.235. The van der Waals surface area contributed by atoms with E-state index in [1.54, 1.807) is 0 Å². The number of benzene rings is 3. The molecule has 1 fully saturated rings. The largest absolute Gasteiger partial charge is 0.315 e. The number of rotatable bonds is 1. The average molecular weight is 436 g/mol. The number of hydrogen-bond acceptors (Lipinski definition) is 1. The minimum absolute atomic E-state index is 0.614. The molecule has 0 atom stereocenters. The molecule has 1 aliphatic rings. The lowest BCUT2D eigenvalue weighted by Gasteiger charge is -2.27. The summed E-state index contributed by atoms with van der Waals surface area (Å²) in [6, 6.07) is 21.7. The van der Waals surface area contributed by atoms with Crippen LogP contribution in [0.15, 0.2) is 65.1 Å². The second-order valence-corrected chi connectivity index (χ2v) is 8.49. The van der Waals surface area contributed by atoms with E-state index >= 15 is 0 Å². The zero-order valence-electron chi connectivity index (χ0n) is 14.5. The summed E-state index contributed by atoms with van der Waals surface area (Å²) in [5.41, 5.74) is 3.69. The Morgan fingerprint density at radius 2 is 1.70 bits per heavy atom. The first kappa shape index (κ1) is 15.9. The van der Waals surface area contributed by atoms with Gasteiger partial charge in [0.15, 0.2) is 0 Å². The van der Waals surface area contributed by atoms with E-state index in [4.69, 9.17) is 11.6 Å². The van der Waals surface area contributed by atoms with E-state index < -0.39 is 0 Å². The number of fused-ring (bicyclic) bond motifs is 8. The molecule has 4 heteroatoms. The molecule has 1 N–H and O–H groups in total. The Hall–Kier alpha value is -2.07. The van der Waals surface area contributed by atoms with Gasteiger partial charge in [-0.15, -0.1) is 0 Å². The van der Waals surface area contributed by atoms with Crippen molar-refractivity contribution >= 4 is 65.5 Å². The number of nitrogens with one attached hydrogen (secondary N) is 1. The van der Waals surface area contributed by atoms with Crippen molar-refractivity contribution < 1.29 is 0 Å². The summed E-state index contributed by atoms with van der Waals surface area (Å²) >= 11 is 10.5. The molecule has 6 rings (SSSR count). The van der Waals surface area contributed by atoms with Crippen LogP contribution in [0.25, 0.3) is 38.0 Å². The van der Waals surface area contributed by atoms with Crippen molar-refractivity contribution in [3.05, 3.63) is 75.9 Å². The van der Waals surface area contributed by atoms with Gasteiger partial charge in [0, 0.05) is 29.8 Å². The summed E-state index contributed by atoms with van der Waals surface area (Å²) in [5, 5.41) is 10.4. The van der Waals surface area contributed by atoms with E-state index in [0.717, 1.165) is 28.2 Å². The predicted molar refractivity (Wildman–Crippen MR) is 118 cm³/mol. The normalized spacial score (nSPS) is 15.2. The van der Waals surface area contributed by atoms with Gasteiger partial charge in [0.25, 0.3) is 0 Å². The molecule has 0 aliphatic carbocycles. The van der Waals surface area contributed by atoms with Gasteiger partial charge < -0.3 is 5.32 Å². The van der Waals surface area contributed by atoms with Gasteiger partial charge in [0.05, 0.1) is 15.5 Å². The number of aromatic nitrogens is 1. The highest BCUT2D eigenvalue weighted by molar-refractivity contribution is 9.10. The van der Waals surface area contributed by atoms with Gasteiger partial charge in [-0.3, -0.25) is 4.40 Å². The van der Waals surface area contributed by atoms with Crippen LogP contribution in [0.4, 0.5) is 0 Å². The maximum Gasteiger partial charge on any atom is 0.113 e. The molecule has 0 radical (unpaired) electrons. The monoisotopic (exact) mass is 434 g/mol. The SMILES string of the molecule is Clc1cccc2c(Br)c3c4ccccc4c4cc(C5CNC5)ccc4c3n12. The highest BCUT2D eigenvalue weighted by atomic mass is 79.9. The molecular formula is C23H16BrClN2. The lowest BCUT2D eigenvalue weighted by molar-refractivity contribution is 0.449. The maximum atomic E-state index is 6.65. The Morgan fingerprint density at radius 1 is 0.889 bits per heavy atom. The van der Waals surface area contributed by atoms with Gasteiger partial charge in [-0.1, -0.05) is 60.1 Å². The van der Waals surface area contributed by atoms with Crippen LogP contribution in [0.5, 0.6) is 0 Å². The van der Waals surface area contributed by atoms with E-state index in [1.807, 2.05) is 12.1 Å². The summed E-state index contributed by atoms with van der Waals surface area (Å²) in [6.45, 7) is 2.13. The maximum absolute atomic E-state index is 6.65. The molecule has 2 nitrogen and oxygen atoms in total. The number of pyridine rings is 1. The third-order valence-electron chi connectivity index (χ3n) is 5.89. The number of nitrogens with zero attached hydrogens (tertiary/aromatic N) is 1. The molecule has 1 saturated heterocycles. The van der Waals surface area contributed by atoms with Gasteiger partial charge in [-0.2, -0.15) is 0 Å². The standard InChI is InChI=1S/C23H16BrClN2/c24-22-19-6-3-7-20(25)27(19)23-17-9-8-13(14-11-26-12-14)10-18(17)15-4-1-2-5-16(15)21(22)23/h1-10,14,26H,11-12H2. The van der Waals surface area contributed by atoms with Crippen LogP contribution in [-0.2, 0) is 0 Å². The molecule has 2 aromatic heterocycles. The summed E-state index contributed by atoms with van der Waals surface area (Å²) in [7, 11) is 0. The molecular weight excluding hydrogens is 420 g/mol. The van der Waals surface area contributed by atoms with Gasteiger partial charge in [-0.25, -0.2) is 0 Å². The van der Waals surface area contributed by atoms with Gasteiger partial charge in [0.1, 0.15) is 5.15 Å². The molecule has 3 aromatic carbocycles. The van der Waals surface area contributed by atoms with E-state index in [9.17, 15) is 0 Å². The fraction of sp³-hybridized carbons (Fsp3) is 0.130.